The summed E-state index contributed by atoms with van der Waals surface area (Å²) >= 11 is 6.34. The van der Waals surface area contributed by atoms with Crippen LogP contribution in [0.3, 0.4) is 0 Å². The molecule has 0 saturated carbocycles. The monoisotopic (exact) mass is 671 g/mol. The number of nitrogens with zero attached hydrogens (tertiary/aromatic N) is 3. The Labute approximate surface area is 263 Å². The average Bonchev–Trinajstić information content (AvgIpc) is 3.51. The fourth-order valence-electron chi connectivity index (χ4n) is 4.62. The van der Waals surface area contributed by atoms with Crippen LogP contribution in [0.5, 0.6) is 0 Å². The highest BCUT2D eigenvalue weighted by molar-refractivity contribution is 6.41. The number of carbonyl (C=O) groups excluding carboxylic acids is 3. The van der Waals surface area contributed by atoms with Crippen LogP contribution in [0.15, 0.2) is 48.7 Å². The van der Waals surface area contributed by atoms with Crippen molar-refractivity contribution in [3.8, 4) is 0 Å². The van der Waals surface area contributed by atoms with E-state index in [0.29, 0.717) is 23.3 Å². The predicted octanol–water partition coefficient (Wildman–Crippen LogP) is 6.18. The van der Waals surface area contributed by atoms with Crippen LogP contribution < -0.4 is 21.3 Å². The van der Waals surface area contributed by atoms with E-state index in [4.69, 9.17) is 11.6 Å². The van der Waals surface area contributed by atoms with E-state index in [2.05, 4.69) is 48.3 Å². The Morgan fingerprint density at radius 1 is 0.891 bits per heavy atom. The summed E-state index contributed by atoms with van der Waals surface area (Å²) in [7, 11) is 0. The minimum atomic E-state index is -5.77. The van der Waals surface area contributed by atoms with Gasteiger partial charge in [0.15, 0.2) is 5.82 Å². The minimum Gasteiger partial charge on any atom is -0.339 e. The van der Waals surface area contributed by atoms with E-state index in [0.717, 1.165) is 55.1 Å². The molecule has 3 heterocycles. The number of urea groups is 1. The number of rotatable bonds is 5. The molecule has 2 aromatic carbocycles. The van der Waals surface area contributed by atoms with Gasteiger partial charge in [0.25, 0.3) is 0 Å². The Morgan fingerprint density at radius 2 is 1.57 bits per heavy atom. The van der Waals surface area contributed by atoms with E-state index in [-0.39, 0.29) is 6.03 Å². The molecule has 17 heteroatoms. The summed E-state index contributed by atoms with van der Waals surface area (Å²) in [6, 6.07) is 13.9. The molecule has 1 saturated heterocycles. The Kier molecular flexibility index (Phi) is 11.1. The lowest BCUT2D eigenvalue weighted by atomic mass is 10.0. The number of carbonyl (C=O) groups is 3. The van der Waals surface area contributed by atoms with Crippen molar-refractivity contribution in [2.24, 2.45) is 0 Å². The number of hydrogen-bond acceptors (Lipinski definition) is 8. The fourth-order valence-corrected chi connectivity index (χ4v) is 4.76. The topological polar surface area (TPSA) is 128 Å². The van der Waals surface area contributed by atoms with Gasteiger partial charge in [-0.2, -0.15) is 31.3 Å². The van der Waals surface area contributed by atoms with Crippen molar-refractivity contribution in [1.29, 1.82) is 0 Å². The Balaban J connectivity index is 0.000000342. The molecule has 0 spiro atoms. The van der Waals surface area contributed by atoms with Crippen molar-refractivity contribution in [3.05, 3.63) is 64.8 Å². The number of alkyl halides is 6. The number of aryl methyl sites for hydroxylation is 2. The first-order valence-corrected chi connectivity index (χ1v) is 14.3. The van der Waals surface area contributed by atoms with E-state index < -0.39 is 23.9 Å². The summed E-state index contributed by atoms with van der Waals surface area (Å²) in [5.74, 6) is -5.83. The number of aromatic nitrogens is 2. The molecular formula is C29H28ClF6N7O3. The first kappa shape index (κ1) is 34.4. The van der Waals surface area contributed by atoms with Gasteiger partial charge >= 0.3 is 30.0 Å². The van der Waals surface area contributed by atoms with Gasteiger partial charge in [-0.05, 0) is 80.2 Å². The number of benzene rings is 2. The molecule has 246 valence electrons. The van der Waals surface area contributed by atoms with Gasteiger partial charge in [-0.15, -0.1) is 0 Å². The van der Waals surface area contributed by atoms with Crippen LogP contribution >= 0.6 is 11.6 Å². The van der Waals surface area contributed by atoms with Crippen molar-refractivity contribution in [2.45, 2.75) is 38.0 Å². The maximum absolute atomic E-state index is 12.6. The van der Waals surface area contributed by atoms with E-state index in [1.165, 1.54) is 18.4 Å². The van der Waals surface area contributed by atoms with Gasteiger partial charge in [-0.3, -0.25) is 9.59 Å². The molecule has 0 atom stereocenters. The molecule has 46 heavy (non-hydrogen) atoms. The number of fused-ring (bicyclic) bond motifs is 6. The number of Topliss-reactive ketones (excluding diaryl/α,β-unsaturated/α-hetero) is 2. The third kappa shape index (κ3) is 9.78. The van der Waals surface area contributed by atoms with Crippen molar-refractivity contribution < 1.29 is 40.7 Å². The van der Waals surface area contributed by atoms with Gasteiger partial charge in [0, 0.05) is 30.2 Å². The molecule has 0 radical (unpaired) electrons. The number of nitrogens with one attached hydrogen (secondary N) is 4. The van der Waals surface area contributed by atoms with E-state index in [1.807, 2.05) is 30.3 Å². The molecule has 0 aliphatic carbocycles. The molecule has 1 fully saturated rings. The number of likely N-dealkylation sites (tertiary alicyclic amines) is 1. The molecule has 0 unspecified atom stereocenters. The molecular weight excluding hydrogens is 644 g/mol. The van der Waals surface area contributed by atoms with Gasteiger partial charge in [-0.1, -0.05) is 23.7 Å². The Morgan fingerprint density at radius 3 is 2.24 bits per heavy atom. The zero-order chi connectivity index (χ0) is 33.5. The maximum atomic E-state index is 12.6. The van der Waals surface area contributed by atoms with Crippen LogP contribution in [0.1, 0.15) is 24.0 Å². The maximum Gasteiger partial charge on any atom is 0.458 e. The molecule has 4 N–H and O–H groups in total. The number of ketones is 2. The molecule has 2 aliphatic rings. The number of amides is 2. The van der Waals surface area contributed by atoms with Crippen LogP contribution in [0.2, 0.25) is 5.02 Å². The summed E-state index contributed by atoms with van der Waals surface area (Å²) < 4.78 is 67.0. The van der Waals surface area contributed by atoms with Crippen LogP contribution in [0.25, 0.3) is 0 Å². The van der Waals surface area contributed by atoms with Crippen molar-refractivity contribution >= 4 is 58.0 Å². The van der Waals surface area contributed by atoms with Crippen LogP contribution in [-0.2, 0) is 22.4 Å². The SMILES string of the molecule is O=C(C(=O)C(F)(F)F)C(F)(F)F.O=C(NCCN1CCCC1)Nc1ccc2cc1CCc1cccc(c1)Nc1ncc(Cl)c(n1)N2. The smallest absolute Gasteiger partial charge is 0.339 e. The summed E-state index contributed by atoms with van der Waals surface area (Å²) in [5, 5.41) is 13.0. The second-order valence-corrected chi connectivity index (χ2v) is 10.7. The summed E-state index contributed by atoms with van der Waals surface area (Å²) in [6.07, 6.45) is -5.89. The summed E-state index contributed by atoms with van der Waals surface area (Å²) in [5.41, 5.74) is 4.75. The normalized spacial score (nSPS) is 14.6. The number of anilines is 5. The highest BCUT2D eigenvalue weighted by Crippen LogP contribution is 2.29. The van der Waals surface area contributed by atoms with Crippen LogP contribution in [0.4, 0.5) is 60.0 Å². The first-order chi connectivity index (χ1) is 21.7. The van der Waals surface area contributed by atoms with Gasteiger partial charge in [0.05, 0.1) is 6.20 Å². The molecule has 5 rings (SSSR count). The Bertz CT molecular complexity index is 1560. The van der Waals surface area contributed by atoms with Gasteiger partial charge in [-0.25, -0.2) is 9.78 Å². The van der Waals surface area contributed by atoms with Crippen LogP contribution in [0, 0.1) is 0 Å². The molecule has 2 amide bonds. The number of hydrogen-bond donors (Lipinski definition) is 4. The largest absolute Gasteiger partial charge is 0.458 e. The standard InChI is InChI=1S/C25H28ClN7O.C4F6O2/c26-21-16-28-24-30-19-5-3-4-17(14-19)6-7-18-15-20(29-23(21)32-24)8-9-22(18)31-25(34)27-10-13-33-11-1-2-12-33;5-3(6,7)1(11)2(12)4(8,9)10/h3-5,8-9,14-16H,1-2,6-7,10-13H2,(H2,27,31,34)(H2,28,29,30,32);. The van der Waals surface area contributed by atoms with Crippen molar-refractivity contribution in [1.82, 2.24) is 20.2 Å². The quantitative estimate of drug-likeness (QED) is 0.187. The van der Waals surface area contributed by atoms with Crippen molar-refractivity contribution in [3.63, 3.8) is 0 Å². The third-order valence-electron chi connectivity index (χ3n) is 6.86. The van der Waals surface area contributed by atoms with Gasteiger partial charge in [0.2, 0.25) is 5.95 Å². The van der Waals surface area contributed by atoms with Crippen LogP contribution in [-0.4, -0.2) is 71.0 Å². The molecule has 2 aliphatic heterocycles. The second kappa shape index (κ2) is 14.8. The van der Waals surface area contributed by atoms with E-state index in [9.17, 15) is 40.7 Å². The van der Waals surface area contributed by atoms with E-state index in [1.54, 1.807) is 6.20 Å². The highest BCUT2D eigenvalue weighted by Gasteiger charge is 2.54. The summed E-state index contributed by atoms with van der Waals surface area (Å²) in [6.45, 7) is 3.76. The lowest BCUT2D eigenvalue weighted by molar-refractivity contribution is -0.193. The average molecular weight is 672 g/mol. The second-order valence-electron chi connectivity index (χ2n) is 10.3. The van der Waals surface area contributed by atoms with Crippen molar-refractivity contribution in [2.75, 3.05) is 42.1 Å². The minimum absolute atomic E-state index is 0.186. The molecule has 10 nitrogen and oxygen atoms in total. The third-order valence-corrected chi connectivity index (χ3v) is 7.14. The lowest BCUT2D eigenvalue weighted by Crippen LogP contribution is -2.39. The van der Waals surface area contributed by atoms with Gasteiger partial charge < -0.3 is 26.2 Å². The Hall–Kier alpha value is -4.44. The van der Waals surface area contributed by atoms with Gasteiger partial charge in [0.1, 0.15) is 5.02 Å². The lowest BCUT2D eigenvalue weighted by Gasteiger charge is -2.17. The zero-order valence-electron chi connectivity index (χ0n) is 24.0. The predicted molar refractivity (Wildman–Crippen MR) is 159 cm³/mol. The highest BCUT2D eigenvalue weighted by atomic mass is 35.5. The zero-order valence-corrected chi connectivity index (χ0v) is 24.7. The molecule has 1 aromatic heterocycles. The summed E-state index contributed by atoms with van der Waals surface area (Å²) in [4.78, 5) is 43.0. The first-order valence-electron chi connectivity index (χ1n) is 14.0. The fraction of sp³-hybridized carbons (Fsp3) is 0.345. The molecule has 3 aromatic rings. The molecule has 6 bridgehead atoms. The number of halogens is 7. The van der Waals surface area contributed by atoms with E-state index >= 15 is 0 Å².